The number of methoxy groups -OCH3 is 1. The Kier molecular flexibility index (Phi) is 4.33. The number of anilines is 1. The van der Waals surface area contributed by atoms with Gasteiger partial charge in [-0.3, -0.25) is 9.69 Å². The molecule has 4 N–H and O–H groups in total. The van der Waals surface area contributed by atoms with Crippen molar-refractivity contribution in [2.45, 2.75) is 6.54 Å². The van der Waals surface area contributed by atoms with Crippen molar-refractivity contribution in [3.05, 3.63) is 29.8 Å². The fraction of sp³-hybridized carbons (Fsp3) is 0.273. The zero-order chi connectivity index (χ0) is 12.8. The SMILES string of the molecule is COC(=O)N(CC(N)=O)Cc1ccc(N)cc1. The van der Waals surface area contributed by atoms with E-state index in [4.69, 9.17) is 11.5 Å². The third-order valence-corrected chi connectivity index (χ3v) is 2.13. The van der Waals surface area contributed by atoms with E-state index in [2.05, 4.69) is 4.74 Å². The van der Waals surface area contributed by atoms with Crippen LogP contribution in [0.4, 0.5) is 10.5 Å². The van der Waals surface area contributed by atoms with Gasteiger partial charge in [-0.2, -0.15) is 0 Å². The number of hydrogen-bond donors (Lipinski definition) is 2. The highest BCUT2D eigenvalue weighted by Crippen LogP contribution is 2.09. The van der Waals surface area contributed by atoms with Gasteiger partial charge in [0.25, 0.3) is 0 Å². The highest BCUT2D eigenvalue weighted by Gasteiger charge is 2.16. The fourth-order valence-electron chi connectivity index (χ4n) is 1.35. The summed E-state index contributed by atoms with van der Waals surface area (Å²) in [6.45, 7) is 0.0624. The first-order valence-electron chi connectivity index (χ1n) is 4.98. The summed E-state index contributed by atoms with van der Waals surface area (Å²) in [5, 5.41) is 0. The lowest BCUT2D eigenvalue weighted by Gasteiger charge is -2.19. The Morgan fingerprint density at radius 3 is 2.35 bits per heavy atom. The molecular formula is C11H15N3O3. The number of primary amides is 1. The Morgan fingerprint density at radius 2 is 1.88 bits per heavy atom. The van der Waals surface area contributed by atoms with Crippen molar-refractivity contribution in [2.24, 2.45) is 5.73 Å². The van der Waals surface area contributed by atoms with Crippen LogP contribution in [0, 0.1) is 0 Å². The van der Waals surface area contributed by atoms with Crippen molar-refractivity contribution >= 4 is 17.7 Å². The number of nitrogens with zero attached hydrogens (tertiary/aromatic N) is 1. The summed E-state index contributed by atoms with van der Waals surface area (Å²) < 4.78 is 4.56. The van der Waals surface area contributed by atoms with Crippen molar-refractivity contribution in [1.29, 1.82) is 0 Å². The van der Waals surface area contributed by atoms with E-state index in [9.17, 15) is 9.59 Å². The van der Waals surface area contributed by atoms with Gasteiger partial charge in [-0.1, -0.05) is 12.1 Å². The molecule has 0 atom stereocenters. The van der Waals surface area contributed by atoms with Gasteiger partial charge in [-0.25, -0.2) is 4.79 Å². The van der Waals surface area contributed by atoms with E-state index >= 15 is 0 Å². The number of rotatable bonds is 4. The van der Waals surface area contributed by atoms with Crippen LogP contribution in [0.1, 0.15) is 5.56 Å². The van der Waals surface area contributed by atoms with E-state index in [1.807, 2.05) is 0 Å². The second-order valence-electron chi connectivity index (χ2n) is 3.53. The van der Waals surface area contributed by atoms with Gasteiger partial charge in [0.2, 0.25) is 5.91 Å². The van der Waals surface area contributed by atoms with Crippen LogP contribution in [0.15, 0.2) is 24.3 Å². The average Bonchev–Trinajstić information content (AvgIpc) is 2.29. The molecule has 0 saturated heterocycles. The van der Waals surface area contributed by atoms with Crippen LogP contribution in [0.2, 0.25) is 0 Å². The van der Waals surface area contributed by atoms with E-state index in [1.54, 1.807) is 24.3 Å². The summed E-state index contributed by atoms with van der Waals surface area (Å²) >= 11 is 0. The molecule has 1 aromatic carbocycles. The summed E-state index contributed by atoms with van der Waals surface area (Å²) in [6, 6.07) is 6.97. The zero-order valence-corrected chi connectivity index (χ0v) is 9.55. The minimum atomic E-state index is -0.597. The molecule has 0 saturated carbocycles. The van der Waals surface area contributed by atoms with Gasteiger partial charge in [0.05, 0.1) is 7.11 Å². The monoisotopic (exact) mass is 237 g/mol. The molecule has 0 fully saturated rings. The highest BCUT2D eigenvalue weighted by atomic mass is 16.5. The van der Waals surface area contributed by atoms with Gasteiger partial charge >= 0.3 is 6.09 Å². The van der Waals surface area contributed by atoms with E-state index in [0.29, 0.717) is 5.69 Å². The van der Waals surface area contributed by atoms with Crippen molar-refractivity contribution < 1.29 is 14.3 Å². The van der Waals surface area contributed by atoms with Crippen LogP contribution in [0.25, 0.3) is 0 Å². The second kappa shape index (κ2) is 5.74. The van der Waals surface area contributed by atoms with Gasteiger partial charge in [-0.15, -0.1) is 0 Å². The normalized spacial score (nSPS) is 9.71. The third kappa shape index (κ3) is 4.02. The molecule has 0 aromatic heterocycles. The molecule has 2 amide bonds. The molecule has 1 rings (SSSR count). The molecule has 0 heterocycles. The van der Waals surface area contributed by atoms with E-state index < -0.39 is 12.0 Å². The number of carbonyl (C=O) groups excluding carboxylic acids is 2. The first-order valence-corrected chi connectivity index (χ1v) is 4.98. The van der Waals surface area contributed by atoms with Gasteiger partial charge in [0, 0.05) is 12.2 Å². The molecule has 92 valence electrons. The van der Waals surface area contributed by atoms with Crippen LogP contribution in [0.5, 0.6) is 0 Å². The summed E-state index contributed by atoms with van der Waals surface area (Å²) in [4.78, 5) is 23.4. The van der Waals surface area contributed by atoms with Gasteiger partial charge in [0.15, 0.2) is 0 Å². The number of ether oxygens (including phenoxy) is 1. The summed E-state index contributed by atoms with van der Waals surface area (Å²) in [6.07, 6.45) is -0.597. The number of hydrogen-bond acceptors (Lipinski definition) is 4. The van der Waals surface area contributed by atoms with E-state index in [-0.39, 0.29) is 13.1 Å². The average molecular weight is 237 g/mol. The third-order valence-electron chi connectivity index (χ3n) is 2.13. The van der Waals surface area contributed by atoms with Crippen LogP contribution >= 0.6 is 0 Å². The van der Waals surface area contributed by atoms with Crippen molar-refractivity contribution in [1.82, 2.24) is 4.90 Å². The fourth-order valence-corrected chi connectivity index (χ4v) is 1.35. The topological polar surface area (TPSA) is 98.6 Å². The summed E-state index contributed by atoms with van der Waals surface area (Å²) in [5.74, 6) is -0.592. The van der Waals surface area contributed by atoms with Crippen molar-refractivity contribution in [3.63, 3.8) is 0 Å². The van der Waals surface area contributed by atoms with Gasteiger partial charge < -0.3 is 16.2 Å². The smallest absolute Gasteiger partial charge is 0.410 e. The molecule has 6 heteroatoms. The molecule has 0 aliphatic carbocycles. The number of amides is 2. The lowest BCUT2D eigenvalue weighted by atomic mass is 10.2. The zero-order valence-electron chi connectivity index (χ0n) is 9.55. The van der Waals surface area contributed by atoms with Crippen LogP contribution in [0.3, 0.4) is 0 Å². The van der Waals surface area contributed by atoms with Gasteiger partial charge in [0.1, 0.15) is 6.54 Å². The Balaban J connectivity index is 2.75. The number of carbonyl (C=O) groups is 2. The number of nitrogens with two attached hydrogens (primary N) is 2. The number of benzene rings is 1. The van der Waals surface area contributed by atoms with E-state index in [1.165, 1.54) is 12.0 Å². The molecule has 0 aliphatic rings. The number of nitrogen functional groups attached to an aromatic ring is 1. The minimum absolute atomic E-state index is 0.183. The Morgan fingerprint density at radius 1 is 1.29 bits per heavy atom. The lowest BCUT2D eigenvalue weighted by Crippen LogP contribution is -2.37. The quantitative estimate of drug-likeness (QED) is 0.737. The molecule has 0 aliphatic heterocycles. The molecule has 0 unspecified atom stereocenters. The molecular weight excluding hydrogens is 222 g/mol. The predicted octanol–water partition coefficient (Wildman–Crippen LogP) is 0.322. The van der Waals surface area contributed by atoms with Gasteiger partial charge in [-0.05, 0) is 17.7 Å². The minimum Gasteiger partial charge on any atom is -0.453 e. The first-order chi connectivity index (χ1) is 8.02. The molecule has 0 spiro atoms. The molecule has 17 heavy (non-hydrogen) atoms. The maximum absolute atomic E-state index is 11.4. The van der Waals surface area contributed by atoms with E-state index in [0.717, 1.165) is 5.56 Å². The molecule has 0 bridgehead atoms. The lowest BCUT2D eigenvalue weighted by molar-refractivity contribution is -0.119. The van der Waals surface area contributed by atoms with Crippen LogP contribution < -0.4 is 11.5 Å². The van der Waals surface area contributed by atoms with Crippen LogP contribution in [-0.2, 0) is 16.1 Å². The maximum Gasteiger partial charge on any atom is 0.410 e. The summed E-state index contributed by atoms with van der Waals surface area (Å²) in [7, 11) is 1.25. The molecule has 6 nitrogen and oxygen atoms in total. The first kappa shape index (κ1) is 12.8. The molecule has 1 aromatic rings. The van der Waals surface area contributed by atoms with Crippen LogP contribution in [-0.4, -0.2) is 30.6 Å². The predicted molar refractivity (Wildman–Crippen MR) is 62.9 cm³/mol. The molecule has 0 radical (unpaired) electrons. The second-order valence-corrected chi connectivity index (χ2v) is 3.53. The van der Waals surface area contributed by atoms with Crippen molar-refractivity contribution in [3.8, 4) is 0 Å². The maximum atomic E-state index is 11.4. The Bertz CT molecular complexity index is 403. The Hall–Kier alpha value is -2.24. The summed E-state index contributed by atoms with van der Waals surface area (Å²) in [5.41, 5.74) is 12.1. The standard InChI is InChI=1S/C11H15N3O3/c1-17-11(16)14(7-10(13)15)6-8-2-4-9(12)5-3-8/h2-5H,6-7,12H2,1H3,(H2,13,15). The van der Waals surface area contributed by atoms with Crippen molar-refractivity contribution in [2.75, 3.05) is 19.4 Å². The highest BCUT2D eigenvalue weighted by molar-refractivity contribution is 5.80. The largest absolute Gasteiger partial charge is 0.453 e. The Labute approximate surface area is 99.1 Å².